The van der Waals surface area contributed by atoms with Crippen molar-refractivity contribution in [2.75, 3.05) is 17.2 Å². The third-order valence-corrected chi connectivity index (χ3v) is 10.3. The number of nitrogens with two attached hydrogens (primary N) is 1. The van der Waals surface area contributed by atoms with Crippen molar-refractivity contribution in [1.82, 2.24) is 35.0 Å². The number of carbonyl (C=O) groups excluding carboxylic acids is 2. The van der Waals surface area contributed by atoms with E-state index in [9.17, 15) is 44.4 Å². The molecule has 6 rings (SSSR count). The largest absolute Gasteiger partial charge is 0.504 e. The number of oxime groups is 1. The third-order valence-electron chi connectivity index (χ3n) is 7.21. The molecule has 258 valence electrons. The number of carboxylic acid groups (broad SMARTS) is 3. The standard InChI is InChI=1S/C27H21N9O11S3/c28-27-31-13(8-50-27)16(33-47-5-9-1-2-11(24(41)42)20(38)19(9)37)21(39)32-17-22(40)35-18(26(45)46)10(7-49-23(17)35)6-48-15-3-12(25(43)44)30-14-4-29-34-36(14)15/h1-4,8,17,23,37-38H,5-7H2,(H2,28,31)(H,32,39)(H,41,42)(H,43,44)(H,45,46)/b33-16-/t17-,23-/m1/s1. The summed E-state index contributed by atoms with van der Waals surface area (Å²) in [4.78, 5) is 76.2. The number of aromatic nitrogens is 5. The Morgan fingerprint density at radius 3 is 2.54 bits per heavy atom. The number of rotatable bonds is 12. The number of aliphatic carboxylic acids is 1. The summed E-state index contributed by atoms with van der Waals surface area (Å²) >= 11 is 3.26. The van der Waals surface area contributed by atoms with Crippen molar-refractivity contribution in [3.05, 3.63) is 63.6 Å². The van der Waals surface area contributed by atoms with Crippen LogP contribution in [0.2, 0.25) is 0 Å². The molecule has 0 radical (unpaired) electrons. The number of nitrogens with one attached hydrogen (secondary N) is 1. The van der Waals surface area contributed by atoms with Gasteiger partial charge in [0.2, 0.25) is 0 Å². The van der Waals surface area contributed by atoms with E-state index in [1.165, 1.54) is 40.0 Å². The lowest BCUT2D eigenvalue weighted by molar-refractivity contribution is -0.150. The van der Waals surface area contributed by atoms with Crippen molar-refractivity contribution < 1.29 is 54.3 Å². The second kappa shape index (κ2) is 13.5. The molecule has 2 atom stereocenters. The summed E-state index contributed by atoms with van der Waals surface area (Å²) in [6, 6.07) is 2.32. The number of hydrogen-bond acceptors (Lipinski definition) is 17. The van der Waals surface area contributed by atoms with Crippen molar-refractivity contribution in [2.45, 2.75) is 23.0 Å². The van der Waals surface area contributed by atoms with Gasteiger partial charge in [-0.05, 0) is 11.6 Å². The Hall–Kier alpha value is -5.94. The highest BCUT2D eigenvalue weighted by atomic mass is 32.2. The van der Waals surface area contributed by atoms with Gasteiger partial charge < -0.3 is 41.4 Å². The molecule has 0 unspecified atom stereocenters. The summed E-state index contributed by atoms with van der Waals surface area (Å²) < 4.78 is 1.30. The van der Waals surface area contributed by atoms with E-state index in [-0.39, 0.29) is 44.9 Å². The zero-order chi connectivity index (χ0) is 35.9. The maximum atomic E-state index is 13.4. The number of carboxylic acids is 3. The number of benzene rings is 1. The molecule has 2 amide bonds. The van der Waals surface area contributed by atoms with Gasteiger partial charge in [-0.15, -0.1) is 40.0 Å². The summed E-state index contributed by atoms with van der Waals surface area (Å²) in [5.74, 6) is -7.23. The number of thiazole rings is 1. The van der Waals surface area contributed by atoms with Gasteiger partial charge in [0.1, 0.15) is 40.0 Å². The lowest BCUT2D eigenvalue weighted by Crippen LogP contribution is -2.71. The number of aromatic carboxylic acids is 2. The number of β-lactam (4-membered cyclic amide) rings is 1. The zero-order valence-electron chi connectivity index (χ0n) is 24.8. The number of nitrogens with zero attached hydrogens (tertiary/aromatic N) is 7. The van der Waals surface area contributed by atoms with Crippen LogP contribution in [0.1, 0.15) is 32.1 Å². The number of nitrogen functional groups attached to an aromatic ring is 1. The first-order valence-electron chi connectivity index (χ1n) is 13.8. The maximum absolute atomic E-state index is 13.4. The van der Waals surface area contributed by atoms with Crippen LogP contribution in [0.15, 0.2) is 51.2 Å². The Labute approximate surface area is 290 Å². The first-order chi connectivity index (χ1) is 23.8. The summed E-state index contributed by atoms with van der Waals surface area (Å²) in [7, 11) is 0. The highest BCUT2D eigenvalue weighted by molar-refractivity contribution is 8.01. The van der Waals surface area contributed by atoms with Crippen LogP contribution in [0.4, 0.5) is 5.13 Å². The molecule has 50 heavy (non-hydrogen) atoms. The molecule has 4 aromatic rings. The molecule has 0 saturated carbocycles. The van der Waals surface area contributed by atoms with Gasteiger partial charge in [0.05, 0.1) is 6.20 Å². The van der Waals surface area contributed by atoms with Crippen molar-refractivity contribution >= 4 is 81.1 Å². The van der Waals surface area contributed by atoms with Gasteiger partial charge in [-0.1, -0.05) is 16.4 Å². The first kappa shape index (κ1) is 33.9. The highest BCUT2D eigenvalue weighted by Gasteiger charge is 2.54. The fourth-order valence-corrected chi connectivity index (χ4v) is 7.88. The number of aromatic hydroxyl groups is 2. The number of anilines is 1. The normalized spacial score (nSPS) is 17.3. The second-order valence-electron chi connectivity index (χ2n) is 10.3. The van der Waals surface area contributed by atoms with E-state index >= 15 is 0 Å². The molecular formula is C27H21N9O11S3. The van der Waals surface area contributed by atoms with Crippen LogP contribution in [0.25, 0.3) is 5.65 Å². The van der Waals surface area contributed by atoms with Gasteiger partial charge in [0, 0.05) is 28.5 Å². The summed E-state index contributed by atoms with van der Waals surface area (Å²) in [6.07, 6.45) is 1.27. The van der Waals surface area contributed by atoms with Crippen LogP contribution in [-0.2, 0) is 25.8 Å². The summed E-state index contributed by atoms with van der Waals surface area (Å²) in [6.45, 7) is -0.516. The number of amides is 2. The molecule has 2 aliphatic rings. The second-order valence-corrected chi connectivity index (χ2v) is 13.2. The number of phenols is 2. The summed E-state index contributed by atoms with van der Waals surface area (Å²) in [5, 5.41) is 63.7. The zero-order valence-corrected chi connectivity index (χ0v) is 27.2. The fraction of sp³-hybridized carbons (Fsp3) is 0.185. The SMILES string of the molecule is Nc1nc(/C(=N/OCc2ccc(C(=O)O)c(O)c2O)C(=O)N[C@@H]2C(=O)N3C(C(=O)O)=C(CSc4cc(C(=O)O)nc5cnnn45)CS[C@H]23)cs1. The lowest BCUT2D eigenvalue weighted by atomic mass is 10.0. The average molecular weight is 744 g/mol. The molecule has 0 spiro atoms. The smallest absolute Gasteiger partial charge is 0.354 e. The minimum atomic E-state index is -1.47. The number of fused-ring (bicyclic) bond motifs is 2. The number of hydrogen-bond donors (Lipinski definition) is 7. The monoisotopic (exact) mass is 743 g/mol. The summed E-state index contributed by atoms with van der Waals surface area (Å²) in [5.41, 5.74) is 4.69. The molecule has 0 bridgehead atoms. The van der Waals surface area contributed by atoms with Crippen LogP contribution in [0.5, 0.6) is 11.5 Å². The van der Waals surface area contributed by atoms with Gasteiger partial charge in [-0.3, -0.25) is 14.5 Å². The van der Waals surface area contributed by atoms with E-state index in [1.54, 1.807) is 0 Å². The quantitative estimate of drug-likeness (QED) is 0.0258. The molecule has 1 aromatic carbocycles. The average Bonchev–Trinajstić information content (AvgIpc) is 3.74. The molecule has 0 aliphatic carbocycles. The van der Waals surface area contributed by atoms with Crippen molar-refractivity contribution in [2.24, 2.45) is 5.16 Å². The van der Waals surface area contributed by atoms with Gasteiger partial charge in [-0.25, -0.2) is 24.4 Å². The molecular weight excluding hydrogens is 723 g/mol. The Morgan fingerprint density at radius 1 is 1.08 bits per heavy atom. The van der Waals surface area contributed by atoms with Gasteiger partial charge >= 0.3 is 17.9 Å². The number of carbonyl (C=O) groups is 5. The Balaban J connectivity index is 1.18. The van der Waals surface area contributed by atoms with E-state index in [4.69, 9.17) is 15.7 Å². The van der Waals surface area contributed by atoms with Crippen LogP contribution in [-0.4, -0.2) is 114 Å². The molecule has 5 heterocycles. The van der Waals surface area contributed by atoms with Gasteiger partial charge in [0.25, 0.3) is 11.8 Å². The van der Waals surface area contributed by atoms with E-state index < -0.39 is 70.5 Å². The Kier molecular flexibility index (Phi) is 9.18. The molecule has 1 saturated heterocycles. The lowest BCUT2D eigenvalue weighted by Gasteiger charge is -2.49. The van der Waals surface area contributed by atoms with Crippen molar-refractivity contribution in [3.8, 4) is 11.5 Å². The van der Waals surface area contributed by atoms with E-state index in [2.05, 4.69) is 30.8 Å². The molecule has 23 heteroatoms. The predicted molar refractivity (Wildman–Crippen MR) is 173 cm³/mol. The maximum Gasteiger partial charge on any atom is 0.354 e. The van der Waals surface area contributed by atoms with Crippen LogP contribution in [0.3, 0.4) is 0 Å². The molecule has 1 fully saturated rings. The van der Waals surface area contributed by atoms with E-state index in [0.717, 1.165) is 34.1 Å². The third kappa shape index (κ3) is 6.30. The Morgan fingerprint density at radius 2 is 1.86 bits per heavy atom. The van der Waals surface area contributed by atoms with Gasteiger partial charge in [0.15, 0.2) is 33.7 Å². The highest BCUT2D eigenvalue weighted by Crippen LogP contribution is 2.42. The van der Waals surface area contributed by atoms with Gasteiger partial charge in [-0.2, -0.15) is 4.52 Å². The minimum absolute atomic E-state index is 0.0210. The number of thioether (sulfide) groups is 2. The van der Waals surface area contributed by atoms with Crippen LogP contribution in [0, 0.1) is 0 Å². The topological polar surface area (TPSA) is 305 Å². The molecule has 3 aromatic heterocycles. The first-order valence-corrected chi connectivity index (χ1v) is 16.7. The minimum Gasteiger partial charge on any atom is -0.504 e. The molecule has 2 aliphatic heterocycles. The predicted octanol–water partition coefficient (Wildman–Crippen LogP) is 0.422. The molecule has 20 nitrogen and oxygen atoms in total. The Bertz CT molecular complexity index is 2170. The van der Waals surface area contributed by atoms with Crippen molar-refractivity contribution in [1.29, 1.82) is 0 Å². The number of phenolic OH excluding ortho intramolecular Hbond substituents is 1. The molecule has 8 N–H and O–H groups in total. The van der Waals surface area contributed by atoms with Crippen molar-refractivity contribution in [3.63, 3.8) is 0 Å². The van der Waals surface area contributed by atoms with Crippen LogP contribution >= 0.6 is 34.9 Å². The fourth-order valence-electron chi connectivity index (χ4n) is 4.85. The van der Waals surface area contributed by atoms with E-state index in [0.29, 0.717) is 10.6 Å². The van der Waals surface area contributed by atoms with E-state index in [1.807, 2.05) is 0 Å². The van der Waals surface area contributed by atoms with Crippen LogP contribution < -0.4 is 11.1 Å².